The number of anilines is 1. The monoisotopic (exact) mass is 337 g/mol. The van der Waals surface area contributed by atoms with Crippen molar-refractivity contribution in [2.75, 3.05) is 5.73 Å². The number of fused-ring (bicyclic) bond motifs is 1. The molecule has 0 spiro atoms. The van der Waals surface area contributed by atoms with Gasteiger partial charge in [0.25, 0.3) is 0 Å². The molecule has 0 saturated heterocycles. The molecule has 0 bridgehead atoms. The zero-order valence-corrected chi connectivity index (χ0v) is 12.1. The van der Waals surface area contributed by atoms with Crippen molar-refractivity contribution in [3.05, 3.63) is 52.1 Å². The first-order chi connectivity index (χ1) is 9.49. The molecule has 2 heterocycles. The van der Waals surface area contributed by atoms with E-state index in [4.69, 9.17) is 5.73 Å². The second kappa shape index (κ2) is 4.56. The third-order valence-corrected chi connectivity index (χ3v) is 3.54. The largest absolute Gasteiger partial charge is 0.383 e. The molecule has 0 aliphatic heterocycles. The quantitative estimate of drug-likeness (QED) is 0.731. The van der Waals surface area contributed by atoms with Crippen molar-refractivity contribution in [3.8, 4) is 11.3 Å². The summed E-state index contributed by atoms with van der Waals surface area (Å²) in [7, 11) is 0. The number of halogens is 3. The SMILES string of the molecule is Cc1cc(Br)cn2c(N)c(-c3c(F)cccc3F)nc12. The Kier molecular flexibility index (Phi) is 2.97. The summed E-state index contributed by atoms with van der Waals surface area (Å²) < 4.78 is 30.2. The third kappa shape index (κ3) is 1.87. The molecule has 0 saturated carbocycles. The maximum absolute atomic E-state index is 13.9. The molecule has 102 valence electrons. The molecule has 0 aliphatic rings. The van der Waals surface area contributed by atoms with Gasteiger partial charge in [0.2, 0.25) is 0 Å². The average Bonchev–Trinajstić information content (AvgIpc) is 2.68. The first kappa shape index (κ1) is 13.1. The van der Waals surface area contributed by atoms with Gasteiger partial charge < -0.3 is 5.73 Å². The van der Waals surface area contributed by atoms with E-state index in [1.807, 2.05) is 13.0 Å². The fraction of sp³-hybridized carbons (Fsp3) is 0.0714. The van der Waals surface area contributed by atoms with E-state index in [9.17, 15) is 8.78 Å². The summed E-state index contributed by atoms with van der Waals surface area (Å²) in [4.78, 5) is 4.28. The molecule has 20 heavy (non-hydrogen) atoms. The summed E-state index contributed by atoms with van der Waals surface area (Å²) in [6.07, 6.45) is 1.72. The number of pyridine rings is 1. The number of imidazole rings is 1. The molecule has 0 radical (unpaired) electrons. The van der Waals surface area contributed by atoms with E-state index in [0.717, 1.165) is 10.0 Å². The minimum atomic E-state index is -0.683. The average molecular weight is 338 g/mol. The minimum Gasteiger partial charge on any atom is -0.383 e. The van der Waals surface area contributed by atoms with Gasteiger partial charge in [0.1, 0.15) is 28.8 Å². The van der Waals surface area contributed by atoms with Crippen LogP contribution >= 0.6 is 15.9 Å². The van der Waals surface area contributed by atoms with E-state index in [0.29, 0.717) is 5.65 Å². The Bertz CT molecular complexity index is 807. The Morgan fingerprint density at radius 2 is 1.90 bits per heavy atom. The number of aryl methyl sites for hydroxylation is 1. The lowest BCUT2D eigenvalue weighted by atomic mass is 10.1. The summed E-state index contributed by atoms with van der Waals surface area (Å²) in [5, 5.41) is 0. The topological polar surface area (TPSA) is 43.3 Å². The molecule has 6 heteroatoms. The van der Waals surface area contributed by atoms with Crippen molar-refractivity contribution in [3.63, 3.8) is 0 Å². The Hall–Kier alpha value is -1.95. The van der Waals surface area contributed by atoms with E-state index in [1.54, 1.807) is 10.6 Å². The fourth-order valence-electron chi connectivity index (χ4n) is 2.19. The molecule has 2 aromatic heterocycles. The summed E-state index contributed by atoms with van der Waals surface area (Å²) in [5.74, 6) is -1.16. The number of nitrogens with zero attached hydrogens (tertiary/aromatic N) is 2. The lowest BCUT2D eigenvalue weighted by Gasteiger charge is -2.03. The van der Waals surface area contributed by atoms with E-state index in [-0.39, 0.29) is 17.1 Å². The Morgan fingerprint density at radius 3 is 2.55 bits per heavy atom. The van der Waals surface area contributed by atoms with Gasteiger partial charge >= 0.3 is 0 Å². The van der Waals surface area contributed by atoms with Gasteiger partial charge in [-0.3, -0.25) is 4.40 Å². The second-order valence-electron chi connectivity index (χ2n) is 4.48. The minimum absolute atomic E-state index is 0.113. The van der Waals surface area contributed by atoms with Crippen LogP contribution in [0.1, 0.15) is 5.56 Å². The Morgan fingerprint density at radius 1 is 1.25 bits per heavy atom. The lowest BCUT2D eigenvalue weighted by molar-refractivity contribution is 0.589. The van der Waals surface area contributed by atoms with Gasteiger partial charge in [-0.05, 0) is 46.6 Å². The highest BCUT2D eigenvalue weighted by molar-refractivity contribution is 9.10. The van der Waals surface area contributed by atoms with Gasteiger partial charge in [-0.2, -0.15) is 0 Å². The highest BCUT2D eigenvalue weighted by atomic mass is 79.9. The zero-order valence-electron chi connectivity index (χ0n) is 10.5. The van der Waals surface area contributed by atoms with Crippen molar-refractivity contribution >= 4 is 27.4 Å². The molecule has 0 fully saturated rings. The number of rotatable bonds is 1. The number of aromatic nitrogens is 2. The maximum Gasteiger partial charge on any atom is 0.142 e. The van der Waals surface area contributed by atoms with E-state index >= 15 is 0 Å². The van der Waals surface area contributed by atoms with Crippen molar-refractivity contribution in [1.29, 1.82) is 0 Å². The molecule has 3 aromatic rings. The van der Waals surface area contributed by atoms with Crippen molar-refractivity contribution < 1.29 is 8.78 Å². The van der Waals surface area contributed by atoms with Gasteiger partial charge in [0.05, 0.1) is 5.56 Å². The zero-order chi connectivity index (χ0) is 14.4. The Balaban J connectivity index is 2.39. The molecule has 0 atom stereocenters. The molecular formula is C14H10BrF2N3. The number of nitrogens with two attached hydrogens (primary N) is 1. The summed E-state index contributed by atoms with van der Waals surface area (Å²) in [6, 6.07) is 5.54. The maximum atomic E-state index is 13.9. The third-order valence-electron chi connectivity index (χ3n) is 3.11. The van der Waals surface area contributed by atoms with Crippen molar-refractivity contribution in [2.24, 2.45) is 0 Å². The predicted molar refractivity (Wildman–Crippen MR) is 77.4 cm³/mol. The molecule has 0 unspecified atom stereocenters. The van der Waals surface area contributed by atoms with Crippen LogP contribution in [0.2, 0.25) is 0 Å². The van der Waals surface area contributed by atoms with Gasteiger partial charge in [-0.25, -0.2) is 13.8 Å². The molecule has 3 nitrogen and oxygen atoms in total. The van der Waals surface area contributed by atoms with Crippen LogP contribution in [0.4, 0.5) is 14.6 Å². The molecule has 3 rings (SSSR count). The predicted octanol–water partition coefficient (Wildman–Crippen LogP) is 3.93. The van der Waals surface area contributed by atoms with Crippen LogP contribution in [0.25, 0.3) is 16.9 Å². The van der Waals surface area contributed by atoms with Gasteiger partial charge in [-0.15, -0.1) is 0 Å². The first-order valence-electron chi connectivity index (χ1n) is 5.87. The number of hydrogen-bond acceptors (Lipinski definition) is 2. The molecule has 0 amide bonds. The van der Waals surface area contributed by atoms with Gasteiger partial charge in [-0.1, -0.05) is 6.07 Å². The highest BCUT2D eigenvalue weighted by Crippen LogP contribution is 2.32. The summed E-state index contributed by atoms with van der Waals surface area (Å²) in [6.45, 7) is 1.86. The smallest absolute Gasteiger partial charge is 0.142 e. The van der Waals surface area contributed by atoms with Crippen molar-refractivity contribution in [1.82, 2.24) is 9.38 Å². The molecule has 0 aliphatic carbocycles. The molecule has 2 N–H and O–H groups in total. The van der Waals surface area contributed by atoms with E-state index < -0.39 is 11.6 Å². The van der Waals surface area contributed by atoms with E-state index in [2.05, 4.69) is 20.9 Å². The summed E-state index contributed by atoms with van der Waals surface area (Å²) in [5.41, 5.74) is 7.33. The lowest BCUT2D eigenvalue weighted by Crippen LogP contribution is -1.97. The van der Waals surface area contributed by atoms with Crippen LogP contribution < -0.4 is 5.73 Å². The number of benzene rings is 1. The van der Waals surface area contributed by atoms with Crippen LogP contribution in [0.15, 0.2) is 34.9 Å². The van der Waals surface area contributed by atoms with Crippen molar-refractivity contribution in [2.45, 2.75) is 6.92 Å². The first-order valence-corrected chi connectivity index (χ1v) is 6.66. The standard InChI is InChI=1S/C14H10BrF2N3/c1-7-5-8(15)6-20-13(18)12(19-14(7)20)11-9(16)3-2-4-10(11)17/h2-6H,18H2,1H3. The van der Waals surface area contributed by atoms with Gasteiger partial charge in [0, 0.05) is 10.7 Å². The number of hydrogen-bond donors (Lipinski definition) is 1. The summed E-state index contributed by atoms with van der Waals surface area (Å²) >= 11 is 3.36. The van der Waals surface area contributed by atoms with Crippen LogP contribution in [0, 0.1) is 18.6 Å². The Labute approximate surface area is 122 Å². The van der Waals surface area contributed by atoms with Crippen LogP contribution in [-0.2, 0) is 0 Å². The van der Waals surface area contributed by atoms with E-state index in [1.165, 1.54) is 18.2 Å². The molecular weight excluding hydrogens is 328 g/mol. The van der Waals surface area contributed by atoms with Crippen LogP contribution in [0.5, 0.6) is 0 Å². The highest BCUT2D eigenvalue weighted by Gasteiger charge is 2.19. The second-order valence-corrected chi connectivity index (χ2v) is 5.39. The van der Waals surface area contributed by atoms with Gasteiger partial charge in [0.15, 0.2) is 0 Å². The van der Waals surface area contributed by atoms with Crippen LogP contribution in [-0.4, -0.2) is 9.38 Å². The fourth-order valence-corrected chi connectivity index (χ4v) is 2.74. The normalized spacial score (nSPS) is 11.2. The number of nitrogen functional groups attached to an aromatic ring is 1. The van der Waals surface area contributed by atoms with Crippen LogP contribution in [0.3, 0.4) is 0 Å². The molecule has 1 aromatic carbocycles.